The first-order valence-corrected chi connectivity index (χ1v) is 12.6. The SMILES string of the molecule is CC(C)OCCCNC(=O)c1ccc(-c2cc(=NC3CC3)n3ncc(=Cc4[nH]c(=O)[nH]c4O)c3n2)s1. The number of rotatable bonds is 9. The summed E-state index contributed by atoms with van der Waals surface area (Å²) in [6.45, 7) is 5.10. The van der Waals surface area contributed by atoms with E-state index in [9.17, 15) is 14.7 Å². The number of nitrogens with zero attached hydrogens (tertiary/aromatic N) is 4. The number of fused-ring (bicyclic) bond motifs is 1. The van der Waals surface area contributed by atoms with Gasteiger partial charge in [0, 0.05) is 24.4 Å². The molecule has 0 spiro atoms. The number of hydrogen-bond donors (Lipinski definition) is 4. The van der Waals surface area contributed by atoms with E-state index in [4.69, 9.17) is 14.7 Å². The molecule has 1 aliphatic rings. The zero-order valence-electron chi connectivity index (χ0n) is 19.9. The van der Waals surface area contributed by atoms with Crippen molar-refractivity contribution >= 4 is 29.0 Å². The maximum atomic E-state index is 12.6. The fourth-order valence-electron chi connectivity index (χ4n) is 3.60. The van der Waals surface area contributed by atoms with Crippen LogP contribution in [0.15, 0.2) is 34.2 Å². The van der Waals surface area contributed by atoms with Crippen LogP contribution in [-0.2, 0) is 4.74 Å². The van der Waals surface area contributed by atoms with E-state index in [2.05, 4.69) is 20.4 Å². The Morgan fingerprint density at radius 2 is 2.22 bits per heavy atom. The van der Waals surface area contributed by atoms with Crippen LogP contribution < -0.4 is 21.7 Å². The third-order valence-electron chi connectivity index (χ3n) is 5.52. The minimum atomic E-state index is -0.509. The molecule has 0 aromatic carbocycles. The lowest BCUT2D eigenvalue weighted by molar-refractivity contribution is 0.0757. The van der Waals surface area contributed by atoms with Gasteiger partial charge in [-0.1, -0.05) is 0 Å². The number of aromatic hydroxyl groups is 1. The lowest BCUT2D eigenvalue weighted by Crippen LogP contribution is -2.24. The molecule has 5 rings (SSSR count). The van der Waals surface area contributed by atoms with Crippen molar-refractivity contribution in [1.82, 2.24) is 29.9 Å². The average molecular weight is 510 g/mol. The van der Waals surface area contributed by atoms with E-state index in [0.29, 0.717) is 40.1 Å². The van der Waals surface area contributed by atoms with Crippen molar-refractivity contribution in [2.45, 2.75) is 45.3 Å². The van der Waals surface area contributed by atoms with Gasteiger partial charge in [0.1, 0.15) is 5.69 Å². The molecule has 4 aromatic heterocycles. The zero-order valence-corrected chi connectivity index (χ0v) is 20.8. The Bertz CT molecular complexity index is 1580. The van der Waals surface area contributed by atoms with E-state index in [1.807, 2.05) is 26.0 Å². The van der Waals surface area contributed by atoms with Crippen molar-refractivity contribution < 1.29 is 14.6 Å². The Balaban J connectivity index is 1.46. The number of hydrogen-bond acceptors (Lipinski definition) is 8. The van der Waals surface area contributed by atoms with Gasteiger partial charge < -0.3 is 20.1 Å². The van der Waals surface area contributed by atoms with E-state index in [0.717, 1.165) is 24.1 Å². The van der Waals surface area contributed by atoms with Gasteiger partial charge in [-0.2, -0.15) is 9.61 Å². The van der Waals surface area contributed by atoms with Gasteiger partial charge in [-0.25, -0.2) is 9.78 Å². The summed E-state index contributed by atoms with van der Waals surface area (Å²) < 4.78 is 7.16. The van der Waals surface area contributed by atoms with Crippen molar-refractivity contribution in [3.63, 3.8) is 0 Å². The molecule has 1 amide bonds. The molecule has 0 aliphatic heterocycles. The summed E-state index contributed by atoms with van der Waals surface area (Å²) in [5.41, 5.74) is 1.58. The van der Waals surface area contributed by atoms with Crippen LogP contribution in [0.4, 0.5) is 0 Å². The third-order valence-corrected chi connectivity index (χ3v) is 6.62. The van der Waals surface area contributed by atoms with E-state index in [1.54, 1.807) is 22.9 Å². The summed E-state index contributed by atoms with van der Waals surface area (Å²) in [5.74, 6) is -0.395. The lowest BCUT2D eigenvalue weighted by Gasteiger charge is -2.07. The Morgan fingerprint density at radius 1 is 1.39 bits per heavy atom. The standard InChI is InChI=1S/C24H27N7O4S/c1-13(2)35-9-3-8-25-23(33)19-7-6-18(36-19)16-11-20(27-15-4-5-15)31-21(28-16)14(12-26-31)10-17-22(32)30-24(34)29-17/h6-7,10-13,15,32H,3-5,8-9H2,1-2H3,(H,25,33)(H2,29,30,34). The molecule has 36 heavy (non-hydrogen) atoms. The summed E-state index contributed by atoms with van der Waals surface area (Å²) in [7, 11) is 0. The first kappa shape index (κ1) is 23.9. The molecule has 1 aliphatic carbocycles. The molecule has 0 bridgehead atoms. The molecule has 0 saturated heterocycles. The van der Waals surface area contributed by atoms with Crippen molar-refractivity contribution in [2.75, 3.05) is 13.2 Å². The monoisotopic (exact) mass is 509 g/mol. The highest BCUT2D eigenvalue weighted by Gasteiger charge is 2.21. The predicted molar refractivity (Wildman–Crippen MR) is 135 cm³/mol. The molecule has 1 saturated carbocycles. The smallest absolute Gasteiger partial charge is 0.326 e. The van der Waals surface area contributed by atoms with Gasteiger partial charge in [0.15, 0.2) is 11.1 Å². The molecule has 4 heterocycles. The Morgan fingerprint density at radius 3 is 2.94 bits per heavy atom. The number of imidazole rings is 1. The molecular formula is C24H27N7O4S. The first-order valence-electron chi connectivity index (χ1n) is 11.8. The topological polar surface area (TPSA) is 150 Å². The fourth-order valence-corrected chi connectivity index (χ4v) is 4.48. The summed E-state index contributed by atoms with van der Waals surface area (Å²) in [5, 5.41) is 17.9. The van der Waals surface area contributed by atoms with Gasteiger partial charge in [0.25, 0.3) is 5.91 Å². The molecule has 1 fully saturated rings. The maximum Gasteiger partial charge on any atom is 0.326 e. The van der Waals surface area contributed by atoms with Crippen LogP contribution in [-0.4, -0.2) is 60.9 Å². The molecule has 4 N–H and O–H groups in total. The van der Waals surface area contributed by atoms with Crippen molar-refractivity contribution in [2.24, 2.45) is 4.99 Å². The number of H-pyrrole nitrogens is 2. The van der Waals surface area contributed by atoms with Gasteiger partial charge >= 0.3 is 5.69 Å². The average Bonchev–Trinajstić information content (AvgIpc) is 3.22. The summed E-state index contributed by atoms with van der Waals surface area (Å²) >= 11 is 1.35. The van der Waals surface area contributed by atoms with Crippen LogP contribution >= 0.6 is 11.3 Å². The number of nitrogens with one attached hydrogen (secondary N) is 3. The quantitative estimate of drug-likeness (QED) is 0.250. The van der Waals surface area contributed by atoms with Crippen molar-refractivity contribution in [3.05, 3.63) is 56.2 Å². The summed E-state index contributed by atoms with van der Waals surface area (Å²) in [6, 6.07) is 5.79. The molecule has 11 nitrogen and oxygen atoms in total. The minimum absolute atomic E-state index is 0.134. The molecule has 0 radical (unpaired) electrons. The van der Waals surface area contributed by atoms with Crippen molar-refractivity contribution in [1.29, 1.82) is 0 Å². The highest BCUT2D eigenvalue weighted by atomic mass is 32.1. The second-order valence-corrected chi connectivity index (χ2v) is 9.96. The molecule has 4 aromatic rings. The number of aromatic amines is 2. The van der Waals surface area contributed by atoms with E-state index in [1.165, 1.54) is 11.3 Å². The number of thiophene rings is 1. The van der Waals surface area contributed by atoms with Gasteiger partial charge in [-0.3, -0.25) is 14.8 Å². The Kier molecular flexibility index (Phi) is 6.70. The highest BCUT2D eigenvalue weighted by molar-refractivity contribution is 7.17. The predicted octanol–water partition coefficient (Wildman–Crippen LogP) is 1.34. The van der Waals surface area contributed by atoms with Crippen LogP contribution in [0.25, 0.3) is 22.3 Å². The number of ether oxygens (including phenoxy) is 1. The summed E-state index contributed by atoms with van der Waals surface area (Å²) in [6.07, 6.45) is 6.19. The van der Waals surface area contributed by atoms with E-state index >= 15 is 0 Å². The fraction of sp³-hybridized carbons (Fsp3) is 0.375. The second-order valence-electron chi connectivity index (χ2n) is 8.87. The zero-order chi connectivity index (χ0) is 25.2. The van der Waals surface area contributed by atoms with Crippen LogP contribution in [0.5, 0.6) is 5.88 Å². The van der Waals surface area contributed by atoms with Gasteiger partial charge in [-0.15, -0.1) is 11.3 Å². The molecular weight excluding hydrogens is 482 g/mol. The summed E-state index contributed by atoms with van der Waals surface area (Å²) in [4.78, 5) is 40.0. The number of carbonyl (C=O) groups excluding carboxylic acids is 1. The molecule has 0 atom stereocenters. The third kappa shape index (κ3) is 5.39. The molecule has 0 unspecified atom stereocenters. The number of carbonyl (C=O) groups is 1. The largest absolute Gasteiger partial charge is 0.493 e. The second kappa shape index (κ2) is 10.1. The number of amides is 1. The van der Waals surface area contributed by atoms with Crippen LogP contribution in [0, 0.1) is 0 Å². The number of aromatic nitrogens is 5. The minimum Gasteiger partial charge on any atom is -0.493 e. The van der Waals surface area contributed by atoms with E-state index < -0.39 is 5.69 Å². The van der Waals surface area contributed by atoms with Crippen molar-refractivity contribution in [3.8, 4) is 16.5 Å². The highest BCUT2D eigenvalue weighted by Crippen LogP contribution is 2.27. The normalized spacial score (nSPS) is 14.9. The lowest BCUT2D eigenvalue weighted by atomic mass is 10.3. The first-order chi connectivity index (χ1) is 17.4. The molecule has 188 valence electrons. The van der Waals surface area contributed by atoms with E-state index in [-0.39, 0.29) is 29.6 Å². The Labute approximate surface area is 209 Å². The van der Waals surface area contributed by atoms with Crippen LogP contribution in [0.2, 0.25) is 0 Å². The maximum absolute atomic E-state index is 12.6. The van der Waals surface area contributed by atoms with Gasteiger partial charge in [-0.05, 0) is 51.3 Å². The van der Waals surface area contributed by atoms with Crippen LogP contribution in [0.1, 0.15) is 48.5 Å². The molecule has 12 heteroatoms. The Hall–Kier alpha value is -3.77. The van der Waals surface area contributed by atoms with Gasteiger partial charge in [0.2, 0.25) is 5.88 Å². The van der Waals surface area contributed by atoms with Gasteiger partial charge in [0.05, 0.1) is 33.8 Å². The van der Waals surface area contributed by atoms with Crippen LogP contribution in [0.3, 0.4) is 0 Å².